The van der Waals surface area contributed by atoms with E-state index >= 15 is 0 Å². The summed E-state index contributed by atoms with van der Waals surface area (Å²) < 4.78 is 5.81. The molecule has 0 aromatic heterocycles. The van der Waals surface area contributed by atoms with Crippen molar-refractivity contribution in [1.82, 2.24) is 5.43 Å². The van der Waals surface area contributed by atoms with Crippen LogP contribution in [0, 0.1) is 0 Å². The Labute approximate surface area is 152 Å². The molecule has 3 aromatic rings. The van der Waals surface area contributed by atoms with Crippen LogP contribution in [0.1, 0.15) is 12.5 Å². The van der Waals surface area contributed by atoms with Crippen LogP contribution in [-0.4, -0.2) is 18.2 Å². The van der Waals surface area contributed by atoms with Crippen molar-refractivity contribution in [3.05, 3.63) is 84.4 Å². The number of benzene rings is 3. The van der Waals surface area contributed by atoms with Crippen LogP contribution in [0.15, 0.2) is 84.0 Å². The van der Waals surface area contributed by atoms with Crippen molar-refractivity contribution in [2.75, 3.05) is 0 Å². The van der Waals surface area contributed by atoms with Gasteiger partial charge in [0.2, 0.25) is 0 Å². The molecule has 130 valence electrons. The van der Waals surface area contributed by atoms with Gasteiger partial charge in [-0.1, -0.05) is 72.8 Å². The average Bonchev–Trinajstić information content (AvgIpc) is 2.68. The third-order valence-electron chi connectivity index (χ3n) is 3.85. The molecule has 0 fully saturated rings. The van der Waals surface area contributed by atoms with E-state index in [1.165, 1.54) is 6.21 Å². The molecule has 4 heteroatoms. The molecular formula is C22H20N2O2. The fraction of sp³-hybridized carbons (Fsp3) is 0.0909. The Balaban J connectivity index is 1.56. The number of nitrogens with zero attached hydrogens (tertiary/aromatic N) is 1. The predicted molar refractivity (Wildman–Crippen MR) is 106 cm³/mol. The van der Waals surface area contributed by atoms with E-state index < -0.39 is 6.10 Å². The monoisotopic (exact) mass is 344 g/mol. The van der Waals surface area contributed by atoms with Crippen LogP contribution in [0.25, 0.3) is 16.8 Å². The van der Waals surface area contributed by atoms with Crippen LogP contribution >= 0.6 is 0 Å². The fourth-order valence-corrected chi connectivity index (χ4v) is 2.50. The summed E-state index contributed by atoms with van der Waals surface area (Å²) in [7, 11) is 0. The van der Waals surface area contributed by atoms with E-state index in [1.54, 1.807) is 13.0 Å². The summed E-state index contributed by atoms with van der Waals surface area (Å²) >= 11 is 0. The van der Waals surface area contributed by atoms with Crippen LogP contribution in [0.2, 0.25) is 0 Å². The zero-order valence-corrected chi connectivity index (χ0v) is 14.5. The summed E-state index contributed by atoms with van der Waals surface area (Å²) in [6.45, 7) is 1.70. The summed E-state index contributed by atoms with van der Waals surface area (Å²) in [6.07, 6.45) is 4.56. The van der Waals surface area contributed by atoms with E-state index in [-0.39, 0.29) is 5.91 Å². The molecule has 0 bridgehead atoms. The number of nitrogens with one attached hydrogen (secondary N) is 1. The smallest absolute Gasteiger partial charge is 0.280 e. The van der Waals surface area contributed by atoms with Gasteiger partial charge in [-0.15, -0.1) is 0 Å². The Morgan fingerprint density at radius 1 is 1.00 bits per heavy atom. The van der Waals surface area contributed by atoms with Crippen molar-refractivity contribution in [2.45, 2.75) is 13.0 Å². The van der Waals surface area contributed by atoms with E-state index in [4.69, 9.17) is 4.74 Å². The third kappa shape index (κ3) is 4.57. The van der Waals surface area contributed by atoms with Crippen molar-refractivity contribution in [3.63, 3.8) is 0 Å². The lowest BCUT2D eigenvalue weighted by molar-refractivity contribution is -0.127. The summed E-state index contributed by atoms with van der Waals surface area (Å²) in [5, 5.41) is 5.97. The highest BCUT2D eigenvalue weighted by molar-refractivity contribution is 5.89. The second kappa shape index (κ2) is 8.62. The van der Waals surface area contributed by atoms with Gasteiger partial charge in [0.25, 0.3) is 5.91 Å². The number of rotatable bonds is 6. The Hall–Kier alpha value is -3.40. The zero-order valence-electron chi connectivity index (χ0n) is 14.5. The van der Waals surface area contributed by atoms with Crippen molar-refractivity contribution in [2.24, 2.45) is 5.10 Å². The number of hydrazone groups is 1. The fourth-order valence-electron chi connectivity index (χ4n) is 2.50. The Kier molecular flexibility index (Phi) is 5.78. The van der Waals surface area contributed by atoms with E-state index in [0.29, 0.717) is 5.75 Å². The maximum Gasteiger partial charge on any atom is 0.280 e. The first-order valence-electron chi connectivity index (χ1n) is 8.43. The van der Waals surface area contributed by atoms with Crippen LogP contribution in [0.3, 0.4) is 0 Å². The Morgan fingerprint density at radius 3 is 2.58 bits per heavy atom. The van der Waals surface area contributed by atoms with Gasteiger partial charge in [0.15, 0.2) is 6.10 Å². The molecular weight excluding hydrogens is 324 g/mol. The molecule has 0 aliphatic carbocycles. The van der Waals surface area contributed by atoms with Gasteiger partial charge in [-0.3, -0.25) is 4.79 Å². The second-order valence-electron chi connectivity index (χ2n) is 5.76. The lowest BCUT2D eigenvalue weighted by atomic mass is 10.1. The maximum atomic E-state index is 12.1. The molecule has 1 atom stereocenters. The number of allylic oxidation sites excluding steroid dienone is 1. The highest BCUT2D eigenvalue weighted by atomic mass is 16.5. The number of carbonyl (C=O) groups is 1. The Morgan fingerprint density at radius 2 is 1.73 bits per heavy atom. The molecule has 26 heavy (non-hydrogen) atoms. The van der Waals surface area contributed by atoms with Crippen molar-refractivity contribution in [1.29, 1.82) is 0 Å². The average molecular weight is 344 g/mol. The van der Waals surface area contributed by atoms with Gasteiger partial charge in [0, 0.05) is 11.6 Å². The first-order chi connectivity index (χ1) is 12.7. The van der Waals surface area contributed by atoms with Gasteiger partial charge in [-0.05, 0) is 30.0 Å². The maximum absolute atomic E-state index is 12.1. The third-order valence-corrected chi connectivity index (χ3v) is 3.85. The summed E-state index contributed by atoms with van der Waals surface area (Å²) in [4.78, 5) is 12.1. The Bertz CT molecular complexity index is 928. The van der Waals surface area contributed by atoms with Crippen LogP contribution < -0.4 is 10.2 Å². The second-order valence-corrected chi connectivity index (χ2v) is 5.76. The minimum absolute atomic E-state index is 0.303. The molecule has 3 aromatic carbocycles. The number of fused-ring (bicyclic) bond motifs is 1. The lowest BCUT2D eigenvalue weighted by Gasteiger charge is -2.14. The molecule has 0 saturated heterocycles. The van der Waals surface area contributed by atoms with Gasteiger partial charge in [0.05, 0.1) is 0 Å². The molecule has 0 heterocycles. The van der Waals surface area contributed by atoms with E-state index in [9.17, 15) is 4.79 Å². The molecule has 0 aliphatic heterocycles. The molecule has 0 saturated carbocycles. The van der Waals surface area contributed by atoms with Crippen molar-refractivity contribution >= 4 is 29.0 Å². The number of amides is 1. The normalized spacial score (nSPS) is 12.5. The summed E-state index contributed by atoms with van der Waals surface area (Å²) in [5.74, 6) is 0.376. The number of hydrogen-bond donors (Lipinski definition) is 1. The number of carbonyl (C=O) groups excluding carboxylic acids is 1. The molecule has 3 rings (SSSR count). The number of ether oxygens (including phenoxy) is 1. The van der Waals surface area contributed by atoms with Crippen molar-refractivity contribution < 1.29 is 9.53 Å². The minimum atomic E-state index is -0.656. The van der Waals surface area contributed by atoms with Crippen LogP contribution in [0.5, 0.6) is 5.75 Å². The van der Waals surface area contributed by atoms with Crippen LogP contribution in [-0.2, 0) is 4.79 Å². The first kappa shape index (κ1) is 17.4. The molecule has 0 aliphatic rings. The van der Waals surface area contributed by atoms with Crippen LogP contribution in [0.4, 0.5) is 0 Å². The molecule has 1 amide bonds. The molecule has 0 unspecified atom stereocenters. The SMILES string of the molecule is C[C@H](Oc1cccc2ccccc12)C(=O)N/N=C\C=C\c1ccccc1. The number of hydrogen-bond acceptors (Lipinski definition) is 3. The van der Waals surface area contributed by atoms with Gasteiger partial charge in [-0.25, -0.2) is 5.43 Å². The van der Waals surface area contributed by atoms with E-state index in [0.717, 1.165) is 16.3 Å². The van der Waals surface area contributed by atoms with Gasteiger partial charge < -0.3 is 4.74 Å². The minimum Gasteiger partial charge on any atom is -0.480 e. The van der Waals surface area contributed by atoms with E-state index in [2.05, 4.69) is 10.5 Å². The van der Waals surface area contributed by atoms with Crippen molar-refractivity contribution in [3.8, 4) is 5.75 Å². The highest BCUT2D eigenvalue weighted by Crippen LogP contribution is 2.25. The molecule has 4 nitrogen and oxygen atoms in total. The quantitative estimate of drug-likeness (QED) is 0.531. The van der Waals surface area contributed by atoms with E-state index in [1.807, 2.05) is 78.9 Å². The standard InChI is InChI=1S/C22H20N2O2/c1-17(26-21-15-7-13-19-12-5-6-14-20(19)21)22(25)24-23-16-8-11-18-9-3-2-4-10-18/h2-17H,1H3,(H,24,25)/b11-8+,23-16-/t17-/m0/s1. The summed E-state index contributed by atoms with van der Waals surface area (Å²) in [6, 6.07) is 23.6. The summed E-state index contributed by atoms with van der Waals surface area (Å²) in [5.41, 5.74) is 3.56. The predicted octanol–water partition coefficient (Wildman–Crippen LogP) is 4.42. The largest absolute Gasteiger partial charge is 0.480 e. The van der Waals surface area contributed by atoms with Gasteiger partial charge in [0.1, 0.15) is 5.75 Å². The molecule has 0 spiro atoms. The zero-order chi connectivity index (χ0) is 18.2. The van der Waals surface area contributed by atoms with Gasteiger partial charge >= 0.3 is 0 Å². The highest BCUT2D eigenvalue weighted by Gasteiger charge is 2.15. The first-order valence-corrected chi connectivity index (χ1v) is 8.43. The van der Waals surface area contributed by atoms with Gasteiger partial charge in [-0.2, -0.15) is 5.10 Å². The topological polar surface area (TPSA) is 50.7 Å². The molecule has 0 radical (unpaired) electrons. The lowest BCUT2D eigenvalue weighted by Crippen LogP contribution is -2.33. The molecule has 1 N–H and O–H groups in total.